The monoisotopic (exact) mass is 704 g/mol. The number of carbonyl (C=O) groups excluding carboxylic acids is 2. The van der Waals surface area contributed by atoms with E-state index in [9.17, 15) is 9.59 Å². The average Bonchev–Trinajstić information content (AvgIpc) is 3.69. The zero-order valence-electron chi connectivity index (χ0n) is 29.0. The van der Waals surface area contributed by atoms with Crippen molar-refractivity contribution in [1.82, 2.24) is 19.9 Å². The summed E-state index contributed by atoms with van der Waals surface area (Å²) in [5.41, 5.74) is 0.533. The predicted molar refractivity (Wildman–Crippen MR) is 174 cm³/mol. The smallest absolute Gasteiger partial charge is 0.253 e. The van der Waals surface area contributed by atoms with Crippen molar-refractivity contribution in [3.8, 4) is 0 Å². The molecule has 0 N–H and O–H groups in total. The molecule has 2 heterocycles. The minimum Gasteiger partial charge on any atom is -0.379 e. The molecule has 0 fully saturated rings. The highest BCUT2D eigenvalue weighted by Gasteiger charge is 2.24. The Morgan fingerprint density at radius 2 is 0.776 bits per heavy atom. The van der Waals surface area contributed by atoms with Crippen LogP contribution in [0.5, 0.6) is 0 Å². The number of amides is 2. The van der Waals surface area contributed by atoms with Gasteiger partial charge in [0.25, 0.3) is 11.8 Å². The fraction of sp³-hybridized carbons (Fsp3) is 0.812. The highest BCUT2D eigenvalue weighted by molar-refractivity contribution is 6.12. The first-order valence-corrected chi connectivity index (χ1v) is 17.0. The van der Waals surface area contributed by atoms with E-state index < -0.39 is 0 Å². The Morgan fingerprint density at radius 3 is 1.10 bits per heavy atom. The van der Waals surface area contributed by atoms with Gasteiger partial charge in [0.05, 0.1) is 158 Å². The molecule has 0 aliphatic carbocycles. The van der Waals surface area contributed by atoms with Crippen molar-refractivity contribution >= 4 is 11.8 Å². The van der Waals surface area contributed by atoms with Gasteiger partial charge in [-0.05, 0) is 6.42 Å². The second-order valence-corrected chi connectivity index (χ2v) is 10.3. The van der Waals surface area contributed by atoms with E-state index in [0.717, 1.165) is 17.9 Å². The van der Waals surface area contributed by atoms with E-state index in [1.54, 1.807) is 10.9 Å². The molecule has 0 radical (unpaired) electrons. The number of imide groups is 1. The molecule has 2 amide bonds. The van der Waals surface area contributed by atoms with Crippen LogP contribution in [-0.4, -0.2) is 177 Å². The second-order valence-electron chi connectivity index (χ2n) is 10.3. The van der Waals surface area contributed by atoms with Crippen LogP contribution in [0.1, 0.15) is 19.0 Å². The molecular weight excluding hydrogens is 648 g/mol. The molecule has 1 aliphatic heterocycles. The first-order chi connectivity index (χ1) is 24.2. The Balaban J connectivity index is 1.18. The van der Waals surface area contributed by atoms with E-state index in [0.29, 0.717) is 151 Å². The lowest BCUT2D eigenvalue weighted by molar-refractivity contribution is -0.137. The molecule has 0 bridgehead atoms. The molecule has 0 unspecified atom stereocenters. The lowest BCUT2D eigenvalue weighted by Crippen LogP contribution is -2.29. The van der Waals surface area contributed by atoms with Crippen molar-refractivity contribution in [2.75, 3.05) is 145 Å². The number of rotatable bonds is 37. The molecule has 282 valence electrons. The summed E-state index contributed by atoms with van der Waals surface area (Å²) in [4.78, 5) is 24.4. The SMILES string of the molecule is CCCOCCOCCOCCOCCOCCOCCOCCOCCOCCOCCOCCn1cc(CN2C(=O)C=CC2=O)nn1. The van der Waals surface area contributed by atoms with Crippen LogP contribution in [0, 0.1) is 0 Å². The fourth-order valence-corrected chi connectivity index (χ4v) is 3.87. The van der Waals surface area contributed by atoms with Crippen LogP contribution in [0.4, 0.5) is 0 Å². The first-order valence-electron chi connectivity index (χ1n) is 17.0. The van der Waals surface area contributed by atoms with E-state index in [4.69, 9.17) is 52.1 Å². The number of nitrogens with zero attached hydrogens (tertiary/aromatic N) is 4. The lowest BCUT2D eigenvalue weighted by atomic mass is 10.4. The van der Waals surface area contributed by atoms with Crippen molar-refractivity contribution < 1.29 is 61.7 Å². The third-order valence-corrected chi connectivity index (χ3v) is 6.34. The third-order valence-electron chi connectivity index (χ3n) is 6.34. The van der Waals surface area contributed by atoms with E-state index in [1.165, 1.54) is 12.2 Å². The summed E-state index contributed by atoms with van der Waals surface area (Å²) in [7, 11) is 0. The lowest BCUT2D eigenvalue weighted by Gasteiger charge is -2.10. The quantitative estimate of drug-likeness (QED) is 0.0684. The molecule has 0 saturated carbocycles. The van der Waals surface area contributed by atoms with Gasteiger partial charge in [0, 0.05) is 18.8 Å². The van der Waals surface area contributed by atoms with E-state index in [2.05, 4.69) is 17.2 Å². The summed E-state index contributed by atoms with van der Waals surface area (Å²) in [6.07, 6.45) is 5.19. The number of hydrogen-bond donors (Lipinski definition) is 0. The van der Waals surface area contributed by atoms with Crippen LogP contribution in [0.25, 0.3) is 0 Å². The molecule has 2 rings (SSSR count). The van der Waals surface area contributed by atoms with Crippen LogP contribution in [0.2, 0.25) is 0 Å². The van der Waals surface area contributed by atoms with Gasteiger partial charge >= 0.3 is 0 Å². The largest absolute Gasteiger partial charge is 0.379 e. The molecule has 0 spiro atoms. The summed E-state index contributed by atoms with van der Waals surface area (Å²) in [6.45, 7) is 14.0. The topological polar surface area (TPSA) is 170 Å². The van der Waals surface area contributed by atoms with E-state index >= 15 is 0 Å². The van der Waals surface area contributed by atoms with Gasteiger partial charge in [-0.3, -0.25) is 14.5 Å². The first kappa shape index (κ1) is 42.7. The van der Waals surface area contributed by atoms with Crippen molar-refractivity contribution in [3.63, 3.8) is 0 Å². The summed E-state index contributed by atoms with van der Waals surface area (Å²) in [6, 6.07) is 0. The van der Waals surface area contributed by atoms with Crippen LogP contribution in [0.3, 0.4) is 0 Å². The fourth-order valence-electron chi connectivity index (χ4n) is 3.87. The molecule has 17 nitrogen and oxygen atoms in total. The van der Waals surface area contributed by atoms with Gasteiger partial charge in [-0.1, -0.05) is 12.1 Å². The van der Waals surface area contributed by atoms with Crippen LogP contribution >= 0.6 is 0 Å². The molecule has 1 aliphatic rings. The Kier molecular flexibility index (Phi) is 27.5. The maximum absolute atomic E-state index is 11.6. The van der Waals surface area contributed by atoms with Gasteiger partial charge in [0.2, 0.25) is 0 Å². The van der Waals surface area contributed by atoms with Crippen LogP contribution < -0.4 is 0 Å². The summed E-state index contributed by atoms with van der Waals surface area (Å²) >= 11 is 0. The van der Waals surface area contributed by atoms with E-state index in [-0.39, 0.29) is 18.4 Å². The molecule has 0 atom stereocenters. The average molecular weight is 705 g/mol. The van der Waals surface area contributed by atoms with Gasteiger partial charge < -0.3 is 52.1 Å². The molecule has 49 heavy (non-hydrogen) atoms. The summed E-state index contributed by atoms with van der Waals surface area (Å²) in [5.74, 6) is -0.696. The zero-order chi connectivity index (χ0) is 34.9. The minimum atomic E-state index is -0.348. The molecule has 0 aromatic carbocycles. The Bertz CT molecular complexity index is 951. The number of ether oxygens (including phenoxy) is 11. The Hall–Kier alpha value is -2.42. The van der Waals surface area contributed by atoms with E-state index in [1.807, 2.05) is 0 Å². The van der Waals surface area contributed by atoms with Crippen molar-refractivity contribution in [3.05, 3.63) is 24.0 Å². The highest BCUT2D eigenvalue weighted by atomic mass is 16.6. The second kappa shape index (κ2) is 31.6. The van der Waals surface area contributed by atoms with Gasteiger partial charge in [-0.25, -0.2) is 4.68 Å². The van der Waals surface area contributed by atoms with Gasteiger partial charge in [0.1, 0.15) is 5.69 Å². The normalized spacial score (nSPS) is 13.0. The molecule has 17 heteroatoms. The van der Waals surface area contributed by atoms with Gasteiger partial charge in [0.15, 0.2) is 0 Å². The van der Waals surface area contributed by atoms with Crippen molar-refractivity contribution in [2.45, 2.75) is 26.4 Å². The van der Waals surface area contributed by atoms with Crippen LogP contribution in [-0.2, 0) is 74.8 Å². The van der Waals surface area contributed by atoms with Crippen molar-refractivity contribution in [2.24, 2.45) is 0 Å². The summed E-state index contributed by atoms with van der Waals surface area (Å²) in [5, 5.41) is 7.97. The zero-order valence-corrected chi connectivity index (χ0v) is 29.0. The van der Waals surface area contributed by atoms with Gasteiger partial charge in [-0.2, -0.15) is 0 Å². The molecule has 1 aromatic rings. The number of carbonyl (C=O) groups is 2. The third kappa shape index (κ3) is 24.4. The Morgan fingerprint density at radius 1 is 0.469 bits per heavy atom. The number of hydrogen-bond acceptors (Lipinski definition) is 15. The predicted octanol–water partition coefficient (Wildman–Crippen LogP) is 0.296. The molecular formula is C32H56N4O13. The minimum absolute atomic E-state index is 0.0976. The molecule has 0 saturated heterocycles. The molecule has 1 aromatic heterocycles. The Labute approximate surface area is 289 Å². The maximum atomic E-state index is 11.6. The summed E-state index contributed by atoms with van der Waals surface area (Å²) < 4.78 is 61.7. The standard InChI is InChI=1S/C32H56N4O13/c1-2-6-39-8-10-41-12-14-43-16-18-45-20-22-47-24-26-49-27-25-48-23-21-46-19-17-44-15-13-42-11-9-40-7-5-35-28-30(33-34-35)29-36-31(37)3-4-32(36)38/h3-4,28H,2,5-27,29H2,1H3. The van der Waals surface area contributed by atoms with Crippen LogP contribution in [0.15, 0.2) is 18.3 Å². The number of aromatic nitrogens is 3. The maximum Gasteiger partial charge on any atom is 0.253 e. The van der Waals surface area contributed by atoms with Crippen molar-refractivity contribution in [1.29, 1.82) is 0 Å². The van der Waals surface area contributed by atoms with Gasteiger partial charge in [-0.15, -0.1) is 5.10 Å². The highest BCUT2D eigenvalue weighted by Crippen LogP contribution is 2.08.